The highest BCUT2D eigenvalue weighted by molar-refractivity contribution is 7.09. The van der Waals surface area contributed by atoms with E-state index in [2.05, 4.69) is 38.8 Å². The summed E-state index contributed by atoms with van der Waals surface area (Å²) in [6, 6.07) is 0. The van der Waals surface area contributed by atoms with Gasteiger partial charge in [-0.2, -0.15) is 0 Å². The van der Waals surface area contributed by atoms with Gasteiger partial charge in [0.2, 0.25) is 0 Å². The number of aliphatic hydroxyl groups is 1. The average Bonchev–Trinajstić information content (AvgIpc) is 2.89. The molecule has 0 atom stereocenters. The van der Waals surface area contributed by atoms with Crippen molar-refractivity contribution in [1.29, 1.82) is 0 Å². The molecule has 0 bridgehead atoms. The van der Waals surface area contributed by atoms with Gasteiger partial charge in [0, 0.05) is 5.38 Å². The first kappa shape index (κ1) is 19.0. The summed E-state index contributed by atoms with van der Waals surface area (Å²) in [6.07, 6.45) is 0. The Labute approximate surface area is 144 Å². The second-order valence-corrected chi connectivity index (χ2v) is 13.9. The van der Waals surface area contributed by atoms with Gasteiger partial charge in [-0.1, -0.05) is 20.8 Å². The molecule has 1 aromatic rings. The first-order valence-corrected chi connectivity index (χ1v) is 11.7. The molecule has 1 aliphatic rings. The lowest BCUT2D eigenvalue weighted by molar-refractivity contribution is -0.304. The van der Waals surface area contributed by atoms with Gasteiger partial charge in [-0.25, -0.2) is 4.98 Å². The molecule has 1 saturated heterocycles. The summed E-state index contributed by atoms with van der Waals surface area (Å²) in [4.78, 5) is 4.54. The lowest BCUT2D eigenvalue weighted by Gasteiger charge is -2.39. The highest BCUT2D eigenvalue weighted by atomic mass is 32.1. The largest absolute Gasteiger partial charge is 0.411 e. The fraction of sp³-hybridized carbons (Fsp3) is 0.812. The van der Waals surface area contributed by atoms with E-state index in [4.69, 9.17) is 13.9 Å². The second kappa shape index (κ2) is 6.20. The Morgan fingerprint density at radius 2 is 1.87 bits per heavy atom. The Morgan fingerprint density at radius 1 is 1.30 bits per heavy atom. The molecule has 0 aromatic carbocycles. The van der Waals surface area contributed by atoms with Crippen molar-refractivity contribution in [3.05, 3.63) is 16.1 Å². The van der Waals surface area contributed by atoms with Gasteiger partial charge < -0.3 is 19.0 Å². The summed E-state index contributed by atoms with van der Waals surface area (Å²) in [5.41, 5.74) is -0.317. The van der Waals surface area contributed by atoms with Crippen LogP contribution in [0.5, 0.6) is 0 Å². The summed E-state index contributed by atoms with van der Waals surface area (Å²) in [6.45, 7) is 15.6. The third-order valence-electron chi connectivity index (χ3n) is 4.65. The highest BCUT2D eigenvalue weighted by Gasteiger charge is 2.42. The number of hydrogen-bond acceptors (Lipinski definition) is 6. The molecule has 0 aliphatic carbocycles. The topological polar surface area (TPSA) is 60.8 Å². The molecule has 23 heavy (non-hydrogen) atoms. The minimum absolute atomic E-state index is 0.167. The number of hydrogen-bond donors (Lipinski definition) is 1. The van der Waals surface area contributed by atoms with Crippen LogP contribution in [0.1, 0.15) is 45.3 Å². The van der Waals surface area contributed by atoms with E-state index in [-0.39, 0.29) is 18.3 Å². The number of rotatable bonds is 4. The zero-order valence-electron chi connectivity index (χ0n) is 15.2. The molecule has 5 nitrogen and oxygen atoms in total. The lowest BCUT2D eigenvalue weighted by Crippen LogP contribution is -2.49. The highest BCUT2D eigenvalue weighted by Crippen LogP contribution is 2.37. The van der Waals surface area contributed by atoms with Crippen LogP contribution in [0.25, 0.3) is 0 Å². The Balaban J connectivity index is 2.01. The number of aromatic nitrogens is 1. The molecule has 2 heterocycles. The van der Waals surface area contributed by atoms with E-state index in [0.717, 1.165) is 5.69 Å². The van der Waals surface area contributed by atoms with E-state index in [1.165, 1.54) is 11.3 Å². The van der Waals surface area contributed by atoms with Crippen molar-refractivity contribution in [3.8, 4) is 0 Å². The van der Waals surface area contributed by atoms with Crippen molar-refractivity contribution in [2.75, 3.05) is 13.2 Å². The van der Waals surface area contributed by atoms with Gasteiger partial charge in [0.05, 0.1) is 25.5 Å². The minimum atomic E-state index is -1.80. The molecule has 132 valence electrons. The quantitative estimate of drug-likeness (QED) is 0.832. The molecule has 0 unspecified atom stereocenters. The normalized spacial score (nSPS) is 21.4. The van der Waals surface area contributed by atoms with E-state index < -0.39 is 19.7 Å². The Morgan fingerprint density at radius 3 is 2.39 bits per heavy atom. The van der Waals surface area contributed by atoms with E-state index in [0.29, 0.717) is 11.6 Å². The molecule has 1 fully saturated rings. The van der Waals surface area contributed by atoms with Gasteiger partial charge in [-0.3, -0.25) is 0 Å². The molecular formula is C16H29NO4SSi. The van der Waals surface area contributed by atoms with E-state index >= 15 is 0 Å². The predicted molar refractivity (Wildman–Crippen MR) is 94.0 cm³/mol. The van der Waals surface area contributed by atoms with Gasteiger partial charge in [0.25, 0.3) is 0 Å². The van der Waals surface area contributed by atoms with Gasteiger partial charge in [0.15, 0.2) is 19.7 Å². The summed E-state index contributed by atoms with van der Waals surface area (Å²) < 4.78 is 17.3. The van der Waals surface area contributed by atoms with Crippen LogP contribution in [0, 0.1) is 0 Å². The van der Waals surface area contributed by atoms with E-state index in [1.54, 1.807) is 0 Å². The molecule has 0 amide bonds. The molecule has 1 N–H and O–H groups in total. The van der Waals surface area contributed by atoms with Crippen LogP contribution in [0.2, 0.25) is 18.1 Å². The first-order chi connectivity index (χ1) is 10.3. The maximum absolute atomic E-state index is 10.7. The van der Waals surface area contributed by atoms with Crippen molar-refractivity contribution in [1.82, 2.24) is 4.98 Å². The van der Waals surface area contributed by atoms with Crippen molar-refractivity contribution < 1.29 is 19.0 Å². The average molecular weight is 360 g/mol. The molecule has 0 saturated carbocycles. The SMILES string of the molecule is CC1(C)OCC(O)(c2nc(CO[Si](C)(C)C(C)(C)C)cs2)CO1. The predicted octanol–water partition coefficient (Wildman–Crippen LogP) is 3.64. The molecule has 1 aliphatic heterocycles. The maximum Gasteiger partial charge on any atom is 0.192 e. The van der Waals surface area contributed by atoms with Crippen LogP contribution < -0.4 is 0 Å². The second-order valence-electron chi connectivity index (χ2n) is 8.20. The van der Waals surface area contributed by atoms with Crippen molar-refractivity contribution in [3.63, 3.8) is 0 Å². The molecule has 0 spiro atoms. The van der Waals surface area contributed by atoms with Gasteiger partial charge >= 0.3 is 0 Å². The molecular weight excluding hydrogens is 330 g/mol. The van der Waals surface area contributed by atoms with Gasteiger partial charge in [0.1, 0.15) is 5.01 Å². The standard InChI is InChI=1S/C16H29NO4SSi/c1-14(2,3)23(6,7)21-8-12-9-22-13(17-12)16(18)10-19-15(4,5)20-11-16/h9,18H,8,10-11H2,1-7H3. The van der Waals surface area contributed by atoms with Crippen molar-refractivity contribution in [2.24, 2.45) is 0 Å². The Bertz CT molecular complexity index is 541. The zero-order valence-corrected chi connectivity index (χ0v) is 17.0. The summed E-state index contributed by atoms with van der Waals surface area (Å²) in [5.74, 6) is -0.655. The summed E-state index contributed by atoms with van der Waals surface area (Å²) in [5, 5.41) is 13.4. The van der Waals surface area contributed by atoms with Crippen LogP contribution >= 0.6 is 11.3 Å². The van der Waals surface area contributed by atoms with Crippen LogP contribution in [-0.4, -0.2) is 37.4 Å². The number of thiazole rings is 1. The molecule has 0 radical (unpaired) electrons. The summed E-state index contributed by atoms with van der Waals surface area (Å²) >= 11 is 1.43. The maximum atomic E-state index is 10.7. The zero-order chi connectivity index (χ0) is 17.5. The van der Waals surface area contributed by atoms with Crippen LogP contribution in [0.4, 0.5) is 0 Å². The van der Waals surface area contributed by atoms with Crippen molar-refractivity contribution in [2.45, 2.75) is 70.7 Å². The van der Waals surface area contributed by atoms with Crippen molar-refractivity contribution >= 4 is 19.7 Å². The fourth-order valence-electron chi connectivity index (χ4n) is 1.85. The third-order valence-corrected chi connectivity index (χ3v) is 10.2. The van der Waals surface area contributed by atoms with Crippen LogP contribution in [0.15, 0.2) is 5.38 Å². The molecule has 1 aromatic heterocycles. The number of nitrogens with zero attached hydrogens (tertiary/aromatic N) is 1. The molecule has 7 heteroatoms. The van der Waals surface area contributed by atoms with Crippen LogP contribution in [0.3, 0.4) is 0 Å². The monoisotopic (exact) mass is 359 g/mol. The third kappa shape index (κ3) is 4.40. The van der Waals surface area contributed by atoms with Crippen LogP contribution in [-0.2, 0) is 26.1 Å². The summed E-state index contributed by atoms with van der Waals surface area (Å²) in [7, 11) is -1.80. The van der Waals surface area contributed by atoms with Gasteiger partial charge in [-0.05, 0) is 32.0 Å². The smallest absolute Gasteiger partial charge is 0.192 e. The van der Waals surface area contributed by atoms with E-state index in [1.807, 2.05) is 19.2 Å². The molecule has 2 rings (SSSR count). The Kier molecular flexibility index (Phi) is 5.13. The Hall–Kier alpha value is -0.313. The van der Waals surface area contributed by atoms with Gasteiger partial charge in [-0.15, -0.1) is 11.3 Å². The number of ether oxygens (including phenoxy) is 2. The lowest BCUT2D eigenvalue weighted by atomic mass is 10.1. The minimum Gasteiger partial charge on any atom is -0.411 e. The fourth-order valence-corrected chi connectivity index (χ4v) is 3.67. The first-order valence-electron chi connectivity index (χ1n) is 7.94. The van der Waals surface area contributed by atoms with E-state index in [9.17, 15) is 5.11 Å².